The van der Waals surface area contributed by atoms with Gasteiger partial charge in [-0.15, -0.1) is 0 Å². The van der Waals surface area contributed by atoms with Crippen LogP contribution in [0.5, 0.6) is 0 Å². The van der Waals surface area contributed by atoms with Gasteiger partial charge in [-0.1, -0.05) is 44.2 Å². The van der Waals surface area contributed by atoms with Crippen LogP contribution in [-0.2, 0) is 25.7 Å². The van der Waals surface area contributed by atoms with E-state index in [4.69, 9.17) is 9.47 Å². The number of carbonyl (C=O) groups excluding carboxylic acids is 3. The highest BCUT2D eigenvalue weighted by Crippen LogP contribution is 2.07. The van der Waals surface area contributed by atoms with Gasteiger partial charge >= 0.3 is 12.1 Å². The standard InChI is InChI=1S/C18H26N2O5S/c1-12(2)9-14(17(22)24-3)19-16(21)15(11-26)20-18(23)25-10-13-7-5-4-6-8-13/h4-8,12,14-15,26H,9-11H2,1-3H3,(H,19,21)(H,20,23)/t14-,15?/m0/s1. The first-order valence-electron chi connectivity index (χ1n) is 8.33. The molecule has 0 aliphatic heterocycles. The van der Waals surface area contributed by atoms with Crippen LogP contribution >= 0.6 is 12.6 Å². The number of benzene rings is 1. The first-order chi connectivity index (χ1) is 12.4. The molecule has 2 atom stereocenters. The van der Waals surface area contributed by atoms with E-state index in [-0.39, 0.29) is 18.3 Å². The Kier molecular flexibility index (Phi) is 9.57. The number of alkyl carbamates (subject to hydrolysis) is 1. The minimum atomic E-state index is -0.930. The van der Waals surface area contributed by atoms with Gasteiger partial charge in [0.1, 0.15) is 18.7 Å². The van der Waals surface area contributed by atoms with E-state index >= 15 is 0 Å². The Hall–Kier alpha value is -2.22. The molecule has 0 spiro atoms. The number of hydrogen-bond donors (Lipinski definition) is 3. The van der Waals surface area contributed by atoms with Gasteiger partial charge in [-0.25, -0.2) is 9.59 Å². The van der Waals surface area contributed by atoms with Crippen LogP contribution in [0.1, 0.15) is 25.8 Å². The normalized spacial score (nSPS) is 12.8. The SMILES string of the molecule is COC(=O)[C@H](CC(C)C)NC(=O)C(CS)NC(=O)OCc1ccccc1. The average molecular weight is 382 g/mol. The van der Waals surface area contributed by atoms with E-state index in [0.29, 0.717) is 6.42 Å². The van der Waals surface area contributed by atoms with Crippen molar-refractivity contribution in [2.24, 2.45) is 5.92 Å². The maximum absolute atomic E-state index is 12.4. The molecule has 0 bridgehead atoms. The number of ether oxygens (including phenoxy) is 2. The molecule has 7 nitrogen and oxygen atoms in total. The molecular weight excluding hydrogens is 356 g/mol. The van der Waals surface area contributed by atoms with Crippen molar-refractivity contribution in [1.82, 2.24) is 10.6 Å². The fourth-order valence-electron chi connectivity index (χ4n) is 2.20. The van der Waals surface area contributed by atoms with Crippen LogP contribution in [0.4, 0.5) is 4.79 Å². The molecule has 0 aromatic heterocycles. The van der Waals surface area contributed by atoms with Crippen LogP contribution in [0.3, 0.4) is 0 Å². The van der Waals surface area contributed by atoms with Crippen LogP contribution in [0.2, 0.25) is 0 Å². The summed E-state index contributed by atoms with van der Waals surface area (Å²) in [4.78, 5) is 36.1. The van der Waals surface area contributed by atoms with Gasteiger partial charge in [0.15, 0.2) is 0 Å². The molecule has 26 heavy (non-hydrogen) atoms. The van der Waals surface area contributed by atoms with E-state index in [2.05, 4.69) is 23.3 Å². The Morgan fingerprint density at radius 2 is 1.73 bits per heavy atom. The van der Waals surface area contributed by atoms with Crippen molar-refractivity contribution < 1.29 is 23.9 Å². The summed E-state index contributed by atoms with van der Waals surface area (Å²) in [6.45, 7) is 3.94. The molecule has 1 rings (SSSR count). The smallest absolute Gasteiger partial charge is 0.408 e. The lowest BCUT2D eigenvalue weighted by molar-refractivity contribution is -0.145. The second kappa shape index (κ2) is 11.4. The molecule has 0 aliphatic carbocycles. The third kappa shape index (κ3) is 7.77. The maximum Gasteiger partial charge on any atom is 0.408 e. The number of carbonyl (C=O) groups is 3. The molecule has 144 valence electrons. The molecule has 8 heteroatoms. The van der Waals surface area contributed by atoms with Crippen molar-refractivity contribution in [2.45, 2.75) is 39.0 Å². The lowest BCUT2D eigenvalue weighted by Crippen LogP contribution is -2.53. The van der Waals surface area contributed by atoms with Gasteiger partial charge in [-0.2, -0.15) is 12.6 Å². The van der Waals surface area contributed by atoms with Gasteiger partial charge in [0, 0.05) is 5.75 Å². The van der Waals surface area contributed by atoms with Crippen LogP contribution in [-0.4, -0.2) is 42.9 Å². The number of rotatable bonds is 9. The van der Waals surface area contributed by atoms with Crippen molar-refractivity contribution in [3.05, 3.63) is 35.9 Å². The summed E-state index contributed by atoms with van der Waals surface area (Å²) < 4.78 is 9.80. The number of nitrogens with one attached hydrogen (secondary N) is 2. The molecule has 2 N–H and O–H groups in total. The minimum absolute atomic E-state index is 0.0574. The summed E-state index contributed by atoms with van der Waals surface area (Å²) in [5, 5.41) is 5.05. The van der Waals surface area contributed by atoms with Crippen molar-refractivity contribution in [3.63, 3.8) is 0 Å². The molecule has 2 amide bonds. The molecule has 0 saturated carbocycles. The van der Waals surface area contributed by atoms with Crippen molar-refractivity contribution in [3.8, 4) is 0 Å². The van der Waals surface area contributed by atoms with Crippen molar-refractivity contribution >= 4 is 30.6 Å². The van der Waals surface area contributed by atoms with E-state index in [1.165, 1.54) is 7.11 Å². The van der Waals surface area contributed by atoms with E-state index in [0.717, 1.165) is 5.56 Å². The number of amides is 2. The molecule has 0 heterocycles. The Balaban J connectivity index is 2.57. The molecule has 1 aromatic carbocycles. The Morgan fingerprint density at radius 3 is 2.27 bits per heavy atom. The quantitative estimate of drug-likeness (QED) is 0.448. The Labute approximate surface area is 159 Å². The number of methoxy groups -OCH3 is 1. The van der Waals surface area contributed by atoms with E-state index in [9.17, 15) is 14.4 Å². The number of esters is 1. The molecule has 0 aliphatic rings. The largest absolute Gasteiger partial charge is 0.467 e. The molecular formula is C18H26N2O5S. The van der Waals surface area contributed by atoms with Crippen molar-refractivity contribution in [2.75, 3.05) is 12.9 Å². The van der Waals surface area contributed by atoms with Crippen LogP contribution in [0.25, 0.3) is 0 Å². The average Bonchev–Trinajstić information content (AvgIpc) is 2.63. The summed E-state index contributed by atoms with van der Waals surface area (Å²) in [7, 11) is 1.26. The minimum Gasteiger partial charge on any atom is -0.467 e. The lowest BCUT2D eigenvalue weighted by Gasteiger charge is -2.22. The summed E-state index contributed by atoms with van der Waals surface area (Å²) >= 11 is 4.09. The second-order valence-electron chi connectivity index (χ2n) is 6.16. The van der Waals surface area contributed by atoms with Crippen molar-refractivity contribution in [1.29, 1.82) is 0 Å². The molecule has 0 fully saturated rings. The summed E-state index contributed by atoms with van der Waals surface area (Å²) in [6, 6.07) is 7.47. The topological polar surface area (TPSA) is 93.7 Å². The summed E-state index contributed by atoms with van der Waals surface area (Å²) in [6.07, 6.45) is -0.308. The highest BCUT2D eigenvalue weighted by Gasteiger charge is 2.27. The first-order valence-corrected chi connectivity index (χ1v) is 8.96. The molecule has 1 aromatic rings. The third-order valence-electron chi connectivity index (χ3n) is 3.51. The fourth-order valence-corrected chi connectivity index (χ4v) is 2.46. The zero-order valence-corrected chi connectivity index (χ0v) is 16.1. The Bertz CT molecular complexity index is 595. The number of hydrogen-bond acceptors (Lipinski definition) is 6. The zero-order chi connectivity index (χ0) is 19.5. The third-order valence-corrected chi connectivity index (χ3v) is 3.88. The first kappa shape index (κ1) is 21.8. The van der Waals surface area contributed by atoms with Crippen LogP contribution < -0.4 is 10.6 Å². The Morgan fingerprint density at radius 1 is 1.08 bits per heavy atom. The molecule has 1 unspecified atom stereocenters. The van der Waals surface area contributed by atoms with Crippen LogP contribution in [0.15, 0.2) is 30.3 Å². The van der Waals surface area contributed by atoms with Gasteiger partial charge < -0.3 is 20.1 Å². The van der Waals surface area contributed by atoms with E-state index in [1.807, 2.05) is 44.2 Å². The maximum atomic E-state index is 12.4. The van der Waals surface area contributed by atoms with Gasteiger partial charge in [0.2, 0.25) is 5.91 Å². The monoisotopic (exact) mass is 382 g/mol. The van der Waals surface area contributed by atoms with Gasteiger partial charge in [0.25, 0.3) is 0 Å². The van der Waals surface area contributed by atoms with Crippen LogP contribution in [0, 0.1) is 5.92 Å². The summed E-state index contributed by atoms with van der Waals surface area (Å²) in [5.41, 5.74) is 0.831. The molecule has 0 saturated heterocycles. The highest BCUT2D eigenvalue weighted by atomic mass is 32.1. The van der Waals surface area contributed by atoms with E-state index < -0.39 is 30.1 Å². The number of thiol groups is 1. The fraction of sp³-hybridized carbons (Fsp3) is 0.500. The van der Waals surface area contributed by atoms with Gasteiger partial charge in [-0.3, -0.25) is 4.79 Å². The summed E-state index contributed by atoms with van der Waals surface area (Å²) in [5.74, 6) is -0.816. The zero-order valence-electron chi connectivity index (χ0n) is 15.2. The second-order valence-corrected chi connectivity index (χ2v) is 6.52. The predicted molar refractivity (Wildman–Crippen MR) is 101 cm³/mol. The lowest BCUT2D eigenvalue weighted by atomic mass is 10.0. The molecule has 0 radical (unpaired) electrons. The van der Waals surface area contributed by atoms with Gasteiger partial charge in [-0.05, 0) is 17.9 Å². The van der Waals surface area contributed by atoms with Gasteiger partial charge in [0.05, 0.1) is 7.11 Å². The predicted octanol–water partition coefficient (Wildman–Crippen LogP) is 1.92. The highest BCUT2D eigenvalue weighted by molar-refractivity contribution is 7.80. The van der Waals surface area contributed by atoms with E-state index in [1.54, 1.807) is 0 Å².